The van der Waals surface area contributed by atoms with Gasteiger partial charge in [-0.05, 0) is 43.5 Å². The van der Waals surface area contributed by atoms with Crippen molar-refractivity contribution in [2.45, 2.75) is 25.8 Å². The first kappa shape index (κ1) is 11.8. The molecule has 0 radical (unpaired) electrons. The zero-order valence-electron chi connectivity index (χ0n) is 10.4. The Kier molecular flexibility index (Phi) is 3.22. The predicted molar refractivity (Wildman–Crippen MR) is 70.0 cm³/mol. The Hall–Kier alpha value is -1.71. The third kappa shape index (κ3) is 3.37. The van der Waals surface area contributed by atoms with Gasteiger partial charge in [0, 0.05) is 24.5 Å². The van der Waals surface area contributed by atoms with Crippen LogP contribution in [0.25, 0.3) is 0 Å². The van der Waals surface area contributed by atoms with Gasteiger partial charge in [-0.25, -0.2) is 0 Å². The van der Waals surface area contributed by atoms with Crippen LogP contribution < -0.4 is 16.0 Å². The summed E-state index contributed by atoms with van der Waals surface area (Å²) >= 11 is 0. The molecule has 0 heterocycles. The fourth-order valence-electron chi connectivity index (χ4n) is 1.82. The van der Waals surface area contributed by atoms with E-state index < -0.39 is 0 Å². The van der Waals surface area contributed by atoms with E-state index in [4.69, 9.17) is 5.73 Å². The number of nitrogens with one attached hydrogen (secondary N) is 1. The predicted octanol–water partition coefficient (Wildman–Crippen LogP) is 1.29. The molecule has 1 aromatic carbocycles. The number of carbonyl (C=O) groups is 1. The van der Waals surface area contributed by atoms with Gasteiger partial charge in [0.25, 0.3) is 0 Å². The highest BCUT2D eigenvalue weighted by molar-refractivity contribution is 5.82. The molecule has 4 nitrogen and oxygen atoms in total. The molecule has 1 aliphatic carbocycles. The minimum Gasteiger partial charge on any atom is -0.399 e. The number of hydrogen-bond acceptors (Lipinski definition) is 3. The van der Waals surface area contributed by atoms with Gasteiger partial charge in [-0.15, -0.1) is 0 Å². The second-order valence-electron chi connectivity index (χ2n) is 4.80. The molecule has 1 amide bonds. The van der Waals surface area contributed by atoms with Crippen molar-refractivity contribution >= 4 is 17.3 Å². The van der Waals surface area contributed by atoms with Gasteiger partial charge in [-0.2, -0.15) is 0 Å². The summed E-state index contributed by atoms with van der Waals surface area (Å²) < 4.78 is 0. The van der Waals surface area contributed by atoms with Gasteiger partial charge < -0.3 is 16.0 Å². The summed E-state index contributed by atoms with van der Waals surface area (Å²) in [6.45, 7) is 2.37. The molecule has 0 atom stereocenters. The number of hydrogen-bond donors (Lipinski definition) is 2. The standard InChI is InChI=1S/C13H19N3O/c1-9-5-10(14)7-12(6-9)16(2)8-13(17)15-11-3-4-11/h5-7,11H,3-4,8,14H2,1-2H3,(H,15,17). The monoisotopic (exact) mass is 233 g/mol. The molecule has 1 aromatic rings. The minimum atomic E-state index is 0.0788. The van der Waals surface area contributed by atoms with E-state index in [0.717, 1.165) is 29.8 Å². The molecular weight excluding hydrogens is 214 g/mol. The smallest absolute Gasteiger partial charge is 0.239 e. The molecule has 2 rings (SSSR count). The van der Waals surface area contributed by atoms with E-state index >= 15 is 0 Å². The first-order valence-electron chi connectivity index (χ1n) is 5.92. The van der Waals surface area contributed by atoms with Crippen LogP contribution in [-0.2, 0) is 4.79 Å². The van der Waals surface area contributed by atoms with Crippen LogP contribution >= 0.6 is 0 Å². The first-order valence-corrected chi connectivity index (χ1v) is 5.92. The van der Waals surface area contributed by atoms with Gasteiger partial charge in [0.05, 0.1) is 6.54 Å². The SMILES string of the molecule is Cc1cc(N)cc(N(C)CC(=O)NC2CC2)c1. The normalized spacial score (nSPS) is 14.5. The Morgan fingerprint density at radius 2 is 2.18 bits per heavy atom. The molecule has 4 heteroatoms. The molecule has 0 aliphatic heterocycles. The highest BCUT2D eigenvalue weighted by atomic mass is 16.2. The maximum atomic E-state index is 11.7. The van der Waals surface area contributed by atoms with E-state index in [2.05, 4.69) is 5.32 Å². The lowest BCUT2D eigenvalue weighted by Crippen LogP contribution is -2.36. The van der Waals surface area contributed by atoms with Crippen molar-refractivity contribution in [3.05, 3.63) is 23.8 Å². The Bertz CT molecular complexity index is 406. The number of rotatable bonds is 4. The van der Waals surface area contributed by atoms with Crippen LogP contribution in [0.4, 0.5) is 11.4 Å². The molecule has 0 aromatic heterocycles. The van der Waals surface area contributed by atoms with Crippen molar-refractivity contribution < 1.29 is 4.79 Å². The van der Waals surface area contributed by atoms with Crippen molar-refractivity contribution in [1.29, 1.82) is 0 Å². The van der Waals surface area contributed by atoms with Crippen LogP contribution in [0, 0.1) is 6.92 Å². The largest absolute Gasteiger partial charge is 0.399 e. The number of nitrogens with two attached hydrogens (primary N) is 1. The summed E-state index contributed by atoms with van der Waals surface area (Å²) in [6.07, 6.45) is 2.24. The lowest BCUT2D eigenvalue weighted by Gasteiger charge is -2.19. The zero-order valence-corrected chi connectivity index (χ0v) is 10.4. The number of nitrogen functional groups attached to an aromatic ring is 1. The Balaban J connectivity index is 1.97. The van der Waals surface area contributed by atoms with Gasteiger partial charge >= 0.3 is 0 Å². The van der Waals surface area contributed by atoms with E-state index in [0.29, 0.717) is 12.6 Å². The maximum Gasteiger partial charge on any atom is 0.239 e. The van der Waals surface area contributed by atoms with Gasteiger partial charge in [0.15, 0.2) is 0 Å². The average molecular weight is 233 g/mol. The molecule has 1 aliphatic rings. The lowest BCUT2D eigenvalue weighted by atomic mass is 10.2. The molecule has 17 heavy (non-hydrogen) atoms. The third-order valence-corrected chi connectivity index (χ3v) is 2.85. The summed E-state index contributed by atoms with van der Waals surface area (Å²) in [5.74, 6) is 0.0788. The molecule has 92 valence electrons. The van der Waals surface area contributed by atoms with Crippen molar-refractivity contribution in [3.8, 4) is 0 Å². The fraction of sp³-hybridized carbons (Fsp3) is 0.462. The number of anilines is 2. The quantitative estimate of drug-likeness (QED) is 0.770. The highest BCUT2D eigenvalue weighted by Gasteiger charge is 2.23. The Morgan fingerprint density at radius 3 is 2.76 bits per heavy atom. The Morgan fingerprint density at radius 1 is 1.47 bits per heavy atom. The molecule has 0 saturated heterocycles. The zero-order chi connectivity index (χ0) is 12.4. The third-order valence-electron chi connectivity index (χ3n) is 2.85. The molecular formula is C13H19N3O. The maximum absolute atomic E-state index is 11.7. The van der Waals surface area contributed by atoms with Gasteiger partial charge in [-0.1, -0.05) is 0 Å². The Labute approximate surface area is 102 Å². The molecule has 0 spiro atoms. The fourth-order valence-corrected chi connectivity index (χ4v) is 1.82. The van der Waals surface area contributed by atoms with Crippen LogP contribution in [0.2, 0.25) is 0 Å². The number of nitrogens with zero attached hydrogens (tertiary/aromatic N) is 1. The van der Waals surface area contributed by atoms with Gasteiger partial charge in [0.1, 0.15) is 0 Å². The van der Waals surface area contributed by atoms with E-state index in [1.807, 2.05) is 37.1 Å². The lowest BCUT2D eigenvalue weighted by molar-refractivity contribution is -0.119. The number of likely N-dealkylation sites (N-methyl/N-ethyl adjacent to an activating group) is 1. The summed E-state index contributed by atoms with van der Waals surface area (Å²) in [7, 11) is 1.90. The summed E-state index contributed by atoms with van der Waals surface area (Å²) in [5, 5.41) is 2.97. The minimum absolute atomic E-state index is 0.0788. The number of benzene rings is 1. The number of carbonyl (C=O) groups excluding carboxylic acids is 1. The van der Waals surface area contributed by atoms with E-state index in [1.54, 1.807) is 0 Å². The van der Waals surface area contributed by atoms with Crippen LogP contribution in [0.15, 0.2) is 18.2 Å². The summed E-state index contributed by atoms with van der Waals surface area (Å²) in [4.78, 5) is 13.6. The van der Waals surface area contributed by atoms with Crippen LogP contribution in [0.5, 0.6) is 0 Å². The van der Waals surface area contributed by atoms with Crippen molar-refractivity contribution in [2.75, 3.05) is 24.2 Å². The van der Waals surface area contributed by atoms with E-state index in [-0.39, 0.29) is 5.91 Å². The molecule has 0 unspecified atom stereocenters. The van der Waals surface area contributed by atoms with Gasteiger partial charge in [-0.3, -0.25) is 4.79 Å². The first-order chi connectivity index (χ1) is 8.04. The van der Waals surface area contributed by atoms with Crippen LogP contribution in [0.1, 0.15) is 18.4 Å². The van der Waals surface area contributed by atoms with Crippen molar-refractivity contribution in [3.63, 3.8) is 0 Å². The van der Waals surface area contributed by atoms with Crippen molar-refractivity contribution in [1.82, 2.24) is 5.32 Å². The molecule has 1 fully saturated rings. The summed E-state index contributed by atoms with van der Waals surface area (Å²) in [6, 6.07) is 6.25. The summed E-state index contributed by atoms with van der Waals surface area (Å²) in [5.41, 5.74) is 8.61. The van der Waals surface area contributed by atoms with Gasteiger partial charge in [0.2, 0.25) is 5.91 Å². The van der Waals surface area contributed by atoms with Crippen LogP contribution in [0.3, 0.4) is 0 Å². The average Bonchev–Trinajstić information content (AvgIpc) is 2.99. The van der Waals surface area contributed by atoms with Crippen LogP contribution in [-0.4, -0.2) is 25.5 Å². The van der Waals surface area contributed by atoms with E-state index in [9.17, 15) is 4.79 Å². The second kappa shape index (κ2) is 4.65. The second-order valence-corrected chi connectivity index (χ2v) is 4.80. The van der Waals surface area contributed by atoms with Crippen molar-refractivity contribution in [2.24, 2.45) is 0 Å². The highest BCUT2D eigenvalue weighted by Crippen LogP contribution is 2.20. The number of amides is 1. The molecule has 0 bridgehead atoms. The van der Waals surface area contributed by atoms with E-state index in [1.165, 1.54) is 0 Å². The molecule has 3 N–H and O–H groups in total. The number of aryl methyl sites for hydroxylation is 1. The molecule has 1 saturated carbocycles. The topological polar surface area (TPSA) is 58.4 Å².